The first-order valence-corrected chi connectivity index (χ1v) is 11.9. The van der Waals surface area contributed by atoms with Gasteiger partial charge in [0.2, 0.25) is 0 Å². The van der Waals surface area contributed by atoms with E-state index in [2.05, 4.69) is 0 Å². The molecule has 0 N–H and O–H groups in total. The van der Waals surface area contributed by atoms with Gasteiger partial charge >= 0.3 is 18.0 Å². The van der Waals surface area contributed by atoms with Crippen molar-refractivity contribution in [2.45, 2.75) is 71.6 Å². The van der Waals surface area contributed by atoms with Crippen LogP contribution in [0.2, 0.25) is 0 Å². The zero-order chi connectivity index (χ0) is 26.1. The third kappa shape index (κ3) is 13.2. The van der Waals surface area contributed by atoms with Crippen LogP contribution in [-0.2, 0) is 30.4 Å². The zero-order valence-electron chi connectivity index (χ0n) is 21.6. The second-order valence-electron chi connectivity index (χ2n) is 8.92. The largest absolute Gasteiger partial charge is 0.460 e. The highest BCUT2D eigenvalue weighted by molar-refractivity contribution is 5.86. The number of ether oxygens (including phenoxy) is 3. The number of unbranched alkanes of at least 4 members (excludes halogenated alkanes) is 2. The smallest absolute Gasteiger partial charge is 0.410 e. The Morgan fingerprint density at radius 3 is 1.91 bits per heavy atom. The van der Waals surface area contributed by atoms with Crippen molar-refractivity contribution in [2.75, 3.05) is 13.7 Å². The Hall–Kier alpha value is -3.35. The zero-order valence-corrected chi connectivity index (χ0v) is 21.6. The summed E-state index contributed by atoms with van der Waals surface area (Å²) in [7, 11) is 1.25. The minimum absolute atomic E-state index is 0.0501. The number of rotatable bonds is 10. The molecule has 2 rings (SSSR count). The highest BCUT2D eigenvalue weighted by Gasteiger charge is 2.35. The summed E-state index contributed by atoms with van der Waals surface area (Å²) in [4.78, 5) is 38.8. The predicted molar refractivity (Wildman–Crippen MR) is 136 cm³/mol. The van der Waals surface area contributed by atoms with Gasteiger partial charge in [-0.1, -0.05) is 86.5 Å². The van der Waals surface area contributed by atoms with Crippen LogP contribution in [0.25, 0.3) is 0 Å². The fraction of sp³-hybridized carbons (Fsp3) is 0.464. The summed E-state index contributed by atoms with van der Waals surface area (Å²) in [5.74, 6) is -1.25. The van der Waals surface area contributed by atoms with Crippen LogP contribution in [0.3, 0.4) is 0 Å². The van der Waals surface area contributed by atoms with Crippen molar-refractivity contribution < 1.29 is 28.6 Å². The van der Waals surface area contributed by atoms with E-state index in [9.17, 15) is 14.4 Å². The van der Waals surface area contributed by atoms with E-state index in [1.165, 1.54) is 12.0 Å². The van der Waals surface area contributed by atoms with Gasteiger partial charge in [-0.25, -0.2) is 9.59 Å². The fourth-order valence-electron chi connectivity index (χ4n) is 3.10. The first-order chi connectivity index (χ1) is 16.7. The lowest BCUT2D eigenvalue weighted by atomic mass is 10.1. The second kappa shape index (κ2) is 16.3. The van der Waals surface area contributed by atoms with Crippen molar-refractivity contribution in [3.05, 3.63) is 72.3 Å². The van der Waals surface area contributed by atoms with Crippen LogP contribution in [0.4, 0.5) is 4.79 Å². The molecule has 1 atom stereocenters. The number of esters is 2. The summed E-state index contributed by atoms with van der Waals surface area (Å²) in [6.07, 6.45) is 1.54. The van der Waals surface area contributed by atoms with Gasteiger partial charge in [0.15, 0.2) is 0 Å². The Bertz CT molecular complexity index is 837. The average molecular weight is 486 g/mol. The topological polar surface area (TPSA) is 82.1 Å². The lowest BCUT2D eigenvalue weighted by Crippen LogP contribution is -2.48. The number of carbonyl (C=O) groups is 3. The number of methoxy groups -OCH3 is 1. The molecule has 0 fully saturated rings. The van der Waals surface area contributed by atoms with Crippen LogP contribution >= 0.6 is 0 Å². The molecule has 0 saturated heterocycles. The Morgan fingerprint density at radius 1 is 0.886 bits per heavy atom. The van der Waals surface area contributed by atoms with Crippen molar-refractivity contribution in [3.8, 4) is 0 Å². The van der Waals surface area contributed by atoms with E-state index in [1.807, 2.05) is 73.7 Å². The first-order valence-electron chi connectivity index (χ1n) is 11.9. The average Bonchev–Trinajstić information content (AvgIpc) is 2.84. The van der Waals surface area contributed by atoms with E-state index in [4.69, 9.17) is 14.2 Å². The molecule has 2 aromatic rings. The van der Waals surface area contributed by atoms with Crippen molar-refractivity contribution in [2.24, 2.45) is 0 Å². The molecule has 0 heterocycles. The maximum atomic E-state index is 12.8. The Balaban J connectivity index is 0.000000882. The summed E-state index contributed by atoms with van der Waals surface area (Å²) < 4.78 is 15.6. The van der Waals surface area contributed by atoms with E-state index in [-0.39, 0.29) is 19.6 Å². The number of benzene rings is 2. The van der Waals surface area contributed by atoms with Crippen molar-refractivity contribution in [1.82, 2.24) is 4.90 Å². The summed E-state index contributed by atoms with van der Waals surface area (Å²) >= 11 is 0. The van der Waals surface area contributed by atoms with Gasteiger partial charge in [0.25, 0.3) is 0 Å². The number of hydrogen-bond donors (Lipinski definition) is 0. The molecule has 7 nitrogen and oxygen atoms in total. The lowest BCUT2D eigenvalue weighted by molar-refractivity contribution is -0.162. The molecule has 0 aliphatic rings. The molecule has 2 aromatic carbocycles. The quantitative estimate of drug-likeness (QED) is 0.241. The van der Waals surface area contributed by atoms with Crippen LogP contribution in [0.1, 0.15) is 58.9 Å². The second-order valence-corrected chi connectivity index (χ2v) is 8.92. The highest BCUT2D eigenvalue weighted by atomic mass is 16.6. The maximum Gasteiger partial charge on any atom is 0.410 e. The molecule has 7 heteroatoms. The molecule has 0 bridgehead atoms. The van der Waals surface area contributed by atoms with E-state index in [0.29, 0.717) is 6.42 Å². The summed E-state index contributed by atoms with van der Waals surface area (Å²) in [6, 6.07) is 20.1. The standard InChI is InChI=1S/C22H33NO6.C6H6/c1-6-7-11-14-23(21(26)27-5)18(15-19(24)29-22(2,3)4)20(25)28-16-17-12-9-8-10-13-17;1-2-4-6-5-3-1/h8-10,12-13,18H,6-7,11,14-16H2,1-5H3;1-6H. The van der Waals surface area contributed by atoms with Gasteiger partial charge in [-0.3, -0.25) is 9.69 Å². The number of hydrogen-bond acceptors (Lipinski definition) is 6. The molecule has 1 unspecified atom stereocenters. The summed E-state index contributed by atoms with van der Waals surface area (Å²) in [5.41, 5.74) is 0.112. The minimum atomic E-state index is -1.11. The summed E-state index contributed by atoms with van der Waals surface area (Å²) in [6.45, 7) is 7.60. The summed E-state index contributed by atoms with van der Waals surface area (Å²) in [5, 5.41) is 0. The Labute approximate surface area is 209 Å². The molecule has 0 aliphatic carbocycles. The molecule has 192 valence electrons. The SMILES string of the molecule is CCCCCN(C(=O)OC)C(CC(=O)OC(C)(C)C)C(=O)OCc1ccccc1.c1ccccc1. The third-order valence-electron chi connectivity index (χ3n) is 4.73. The van der Waals surface area contributed by atoms with E-state index < -0.39 is 29.7 Å². The minimum Gasteiger partial charge on any atom is -0.460 e. The van der Waals surface area contributed by atoms with Gasteiger partial charge in [-0.15, -0.1) is 0 Å². The lowest BCUT2D eigenvalue weighted by Gasteiger charge is -2.29. The van der Waals surface area contributed by atoms with Crippen molar-refractivity contribution in [1.29, 1.82) is 0 Å². The normalized spacial score (nSPS) is 11.3. The highest BCUT2D eigenvalue weighted by Crippen LogP contribution is 2.16. The van der Waals surface area contributed by atoms with Crippen molar-refractivity contribution >= 4 is 18.0 Å². The number of nitrogens with zero attached hydrogens (tertiary/aromatic N) is 1. The molecule has 0 radical (unpaired) electrons. The molecule has 0 saturated carbocycles. The predicted octanol–water partition coefficient (Wildman–Crippen LogP) is 5.78. The Morgan fingerprint density at radius 2 is 1.43 bits per heavy atom. The molecule has 0 aliphatic heterocycles. The molecular formula is C28H39NO6. The van der Waals surface area contributed by atoms with Crippen LogP contribution in [0.5, 0.6) is 0 Å². The van der Waals surface area contributed by atoms with Crippen LogP contribution in [-0.4, -0.2) is 48.2 Å². The van der Waals surface area contributed by atoms with Crippen LogP contribution < -0.4 is 0 Å². The van der Waals surface area contributed by atoms with Gasteiger partial charge in [-0.05, 0) is 32.8 Å². The first kappa shape index (κ1) is 29.7. The van der Waals surface area contributed by atoms with Crippen LogP contribution in [0.15, 0.2) is 66.7 Å². The monoisotopic (exact) mass is 485 g/mol. The van der Waals surface area contributed by atoms with Crippen LogP contribution in [0, 0.1) is 0 Å². The fourth-order valence-corrected chi connectivity index (χ4v) is 3.10. The molecular weight excluding hydrogens is 446 g/mol. The Kier molecular flexibility index (Phi) is 13.8. The van der Waals surface area contributed by atoms with Gasteiger partial charge < -0.3 is 14.2 Å². The third-order valence-corrected chi connectivity index (χ3v) is 4.73. The van der Waals surface area contributed by atoms with Gasteiger partial charge in [-0.2, -0.15) is 0 Å². The number of carbonyl (C=O) groups excluding carboxylic acids is 3. The van der Waals surface area contributed by atoms with E-state index in [1.54, 1.807) is 20.8 Å². The number of amides is 1. The van der Waals surface area contributed by atoms with E-state index >= 15 is 0 Å². The molecule has 0 aromatic heterocycles. The van der Waals surface area contributed by atoms with Gasteiger partial charge in [0.05, 0.1) is 13.5 Å². The maximum absolute atomic E-state index is 12.8. The van der Waals surface area contributed by atoms with Gasteiger partial charge in [0, 0.05) is 6.54 Å². The van der Waals surface area contributed by atoms with E-state index in [0.717, 1.165) is 18.4 Å². The molecule has 0 spiro atoms. The molecule has 1 amide bonds. The molecule has 35 heavy (non-hydrogen) atoms. The van der Waals surface area contributed by atoms with Gasteiger partial charge in [0.1, 0.15) is 18.2 Å². The van der Waals surface area contributed by atoms with Crippen molar-refractivity contribution in [3.63, 3.8) is 0 Å².